The Hall–Kier alpha value is -3.12. The highest BCUT2D eigenvalue weighted by atomic mass is 79.9. The first-order valence-corrected chi connectivity index (χ1v) is 9.60. The Morgan fingerprint density at radius 3 is 2.10 bits per heavy atom. The van der Waals surface area contributed by atoms with Crippen LogP contribution < -0.4 is 9.47 Å². The minimum absolute atomic E-state index is 0.252. The summed E-state index contributed by atoms with van der Waals surface area (Å²) in [5.74, 6) is -0.0475. The van der Waals surface area contributed by atoms with Gasteiger partial charge in [-0.15, -0.1) is 0 Å². The van der Waals surface area contributed by atoms with Gasteiger partial charge in [0.15, 0.2) is 23.9 Å². The molecule has 0 aliphatic carbocycles. The van der Waals surface area contributed by atoms with Gasteiger partial charge in [-0.3, -0.25) is 4.79 Å². The fraction of sp³-hybridized carbons (Fsp3) is 0.130. The summed E-state index contributed by atoms with van der Waals surface area (Å²) in [5, 5.41) is 0. The Morgan fingerprint density at radius 2 is 1.48 bits per heavy atom. The molecule has 0 atom stereocenters. The van der Waals surface area contributed by atoms with E-state index in [1.807, 2.05) is 42.5 Å². The van der Waals surface area contributed by atoms with E-state index in [0.29, 0.717) is 21.5 Å². The Bertz CT molecular complexity index is 1010. The van der Waals surface area contributed by atoms with Gasteiger partial charge < -0.3 is 14.2 Å². The molecule has 5 nitrogen and oxygen atoms in total. The van der Waals surface area contributed by atoms with Crippen molar-refractivity contribution < 1.29 is 23.8 Å². The van der Waals surface area contributed by atoms with Gasteiger partial charge in [0.25, 0.3) is 0 Å². The topological polar surface area (TPSA) is 61.8 Å². The summed E-state index contributed by atoms with van der Waals surface area (Å²) in [7, 11) is 2.98. The number of rotatable bonds is 7. The van der Waals surface area contributed by atoms with E-state index in [9.17, 15) is 9.59 Å². The van der Waals surface area contributed by atoms with E-state index in [1.165, 1.54) is 20.3 Å². The zero-order valence-corrected chi connectivity index (χ0v) is 17.6. The maximum atomic E-state index is 12.4. The van der Waals surface area contributed by atoms with Gasteiger partial charge in [-0.05, 0) is 39.2 Å². The summed E-state index contributed by atoms with van der Waals surface area (Å²) in [6.45, 7) is -0.352. The van der Waals surface area contributed by atoms with Crippen LogP contribution in [0.5, 0.6) is 11.5 Å². The zero-order valence-electron chi connectivity index (χ0n) is 16.0. The molecule has 0 bridgehead atoms. The van der Waals surface area contributed by atoms with Crippen molar-refractivity contribution >= 4 is 27.7 Å². The molecule has 6 heteroatoms. The largest absolute Gasteiger partial charge is 0.493 e. The molecule has 0 spiro atoms. The maximum Gasteiger partial charge on any atom is 0.338 e. The lowest BCUT2D eigenvalue weighted by Gasteiger charge is -2.11. The van der Waals surface area contributed by atoms with Crippen molar-refractivity contribution in [2.75, 3.05) is 20.8 Å². The van der Waals surface area contributed by atoms with Crippen LogP contribution in [-0.2, 0) is 4.74 Å². The summed E-state index contributed by atoms with van der Waals surface area (Å²) in [6.07, 6.45) is 0. The molecule has 0 radical (unpaired) electrons. The Morgan fingerprint density at radius 1 is 0.828 bits per heavy atom. The third-order valence-corrected chi connectivity index (χ3v) is 4.91. The summed E-state index contributed by atoms with van der Waals surface area (Å²) >= 11 is 3.33. The van der Waals surface area contributed by atoms with Crippen LogP contribution in [0.4, 0.5) is 0 Å². The van der Waals surface area contributed by atoms with Gasteiger partial charge >= 0.3 is 5.97 Å². The predicted molar refractivity (Wildman–Crippen MR) is 114 cm³/mol. The second kappa shape index (κ2) is 9.39. The molecule has 0 fully saturated rings. The lowest BCUT2D eigenvalue weighted by molar-refractivity contribution is 0.0474. The van der Waals surface area contributed by atoms with Gasteiger partial charge in [0, 0.05) is 5.56 Å². The highest BCUT2D eigenvalue weighted by molar-refractivity contribution is 9.10. The lowest BCUT2D eigenvalue weighted by Crippen LogP contribution is -2.14. The minimum atomic E-state index is -0.624. The van der Waals surface area contributed by atoms with E-state index in [1.54, 1.807) is 18.2 Å². The Balaban J connectivity index is 1.66. The summed E-state index contributed by atoms with van der Waals surface area (Å²) < 4.78 is 16.2. The number of benzene rings is 3. The van der Waals surface area contributed by atoms with Crippen LogP contribution in [0.15, 0.2) is 71.2 Å². The van der Waals surface area contributed by atoms with E-state index >= 15 is 0 Å². The fourth-order valence-corrected chi connectivity index (χ4v) is 3.42. The third kappa shape index (κ3) is 4.84. The predicted octanol–water partition coefficient (Wildman–Crippen LogP) is 5.17. The van der Waals surface area contributed by atoms with Crippen molar-refractivity contribution in [1.82, 2.24) is 0 Å². The van der Waals surface area contributed by atoms with Gasteiger partial charge in [-0.1, -0.05) is 54.6 Å². The molecular formula is C23H19BrO5. The molecule has 3 aromatic carbocycles. The Labute approximate surface area is 177 Å². The SMILES string of the molecule is COc1cc(C(=O)OCC(=O)c2ccc(-c3ccccc3)cc2)cc(Br)c1OC. The second-order valence-electron chi connectivity index (χ2n) is 6.14. The van der Waals surface area contributed by atoms with Crippen molar-refractivity contribution in [3.05, 3.63) is 82.3 Å². The van der Waals surface area contributed by atoms with Crippen molar-refractivity contribution in [3.63, 3.8) is 0 Å². The number of carbonyl (C=O) groups excluding carboxylic acids is 2. The molecule has 29 heavy (non-hydrogen) atoms. The number of ether oxygens (including phenoxy) is 3. The fourth-order valence-electron chi connectivity index (χ4n) is 2.81. The summed E-state index contributed by atoms with van der Waals surface area (Å²) in [5.41, 5.74) is 2.80. The first kappa shape index (κ1) is 20.6. The van der Waals surface area contributed by atoms with Crippen LogP contribution >= 0.6 is 15.9 Å². The number of esters is 1. The molecule has 0 saturated heterocycles. The van der Waals surface area contributed by atoms with Gasteiger partial charge in [0.05, 0.1) is 24.3 Å². The standard InChI is InChI=1S/C23H19BrO5/c1-27-21-13-18(12-19(24)22(21)28-2)23(26)29-14-20(25)17-10-8-16(9-11-17)15-6-4-3-5-7-15/h3-13H,14H2,1-2H3. The molecule has 0 aliphatic rings. The average Bonchev–Trinajstić information content (AvgIpc) is 2.77. The lowest BCUT2D eigenvalue weighted by atomic mass is 10.0. The second-order valence-corrected chi connectivity index (χ2v) is 6.99. The molecule has 148 valence electrons. The van der Waals surface area contributed by atoms with E-state index in [2.05, 4.69) is 15.9 Å². The normalized spacial score (nSPS) is 10.3. The molecular weight excluding hydrogens is 436 g/mol. The quantitative estimate of drug-likeness (QED) is 0.363. The van der Waals surface area contributed by atoms with Crippen molar-refractivity contribution in [1.29, 1.82) is 0 Å². The van der Waals surface area contributed by atoms with E-state index in [0.717, 1.165) is 11.1 Å². The minimum Gasteiger partial charge on any atom is -0.493 e. The van der Waals surface area contributed by atoms with Crippen LogP contribution in [0.25, 0.3) is 11.1 Å². The molecule has 0 unspecified atom stereocenters. The molecule has 0 aromatic heterocycles. The first-order valence-electron chi connectivity index (χ1n) is 8.81. The summed E-state index contributed by atoms with van der Waals surface area (Å²) in [6, 6.07) is 20.1. The van der Waals surface area contributed by atoms with Crippen molar-refractivity contribution in [3.8, 4) is 22.6 Å². The Kier molecular flexibility index (Phi) is 6.67. The van der Waals surface area contributed by atoms with E-state index in [4.69, 9.17) is 14.2 Å². The van der Waals surface area contributed by atoms with E-state index < -0.39 is 5.97 Å². The van der Waals surface area contributed by atoms with Gasteiger partial charge in [-0.2, -0.15) is 0 Å². The number of ketones is 1. The van der Waals surface area contributed by atoms with Crippen molar-refractivity contribution in [2.45, 2.75) is 0 Å². The molecule has 3 aromatic rings. The highest BCUT2D eigenvalue weighted by Crippen LogP contribution is 2.36. The van der Waals surface area contributed by atoms with Crippen LogP contribution in [0.1, 0.15) is 20.7 Å². The van der Waals surface area contributed by atoms with Gasteiger partial charge in [0.2, 0.25) is 0 Å². The first-order chi connectivity index (χ1) is 14.0. The number of Topliss-reactive ketones (excluding diaryl/α,β-unsaturated/α-hetero) is 1. The molecule has 0 N–H and O–H groups in total. The average molecular weight is 455 g/mol. The molecule has 0 amide bonds. The van der Waals surface area contributed by atoms with E-state index in [-0.39, 0.29) is 18.0 Å². The number of methoxy groups -OCH3 is 2. The van der Waals surface area contributed by atoms with Crippen LogP contribution in [0.2, 0.25) is 0 Å². The number of hydrogen-bond donors (Lipinski definition) is 0. The highest BCUT2D eigenvalue weighted by Gasteiger charge is 2.17. The van der Waals surface area contributed by atoms with Gasteiger partial charge in [0.1, 0.15) is 0 Å². The zero-order chi connectivity index (χ0) is 20.8. The number of hydrogen-bond acceptors (Lipinski definition) is 5. The number of halogens is 1. The molecule has 3 rings (SSSR count). The van der Waals surface area contributed by atoms with Crippen LogP contribution in [-0.4, -0.2) is 32.6 Å². The molecule has 0 saturated carbocycles. The van der Waals surface area contributed by atoms with Crippen LogP contribution in [0.3, 0.4) is 0 Å². The molecule has 0 heterocycles. The van der Waals surface area contributed by atoms with Gasteiger partial charge in [-0.25, -0.2) is 4.79 Å². The third-order valence-electron chi connectivity index (χ3n) is 4.32. The smallest absolute Gasteiger partial charge is 0.338 e. The number of carbonyl (C=O) groups is 2. The molecule has 0 aliphatic heterocycles. The van der Waals surface area contributed by atoms with Crippen LogP contribution in [0, 0.1) is 0 Å². The monoisotopic (exact) mass is 454 g/mol. The maximum absolute atomic E-state index is 12.4. The van der Waals surface area contributed by atoms with Crippen molar-refractivity contribution in [2.24, 2.45) is 0 Å². The summed E-state index contributed by atoms with van der Waals surface area (Å²) in [4.78, 5) is 24.7.